The smallest absolute Gasteiger partial charge is 0.166 e. The summed E-state index contributed by atoms with van der Waals surface area (Å²) in [5.74, 6) is 1.81. The lowest BCUT2D eigenvalue weighted by Crippen LogP contribution is -2.04. The fraction of sp³-hybridized carbons (Fsp3) is 0. The Balaban J connectivity index is 1.18. The topological polar surface area (TPSA) is 48.5 Å². The van der Waals surface area contributed by atoms with Crippen molar-refractivity contribution in [2.75, 3.05) is 0 Å². The van der Waals surface area contributed by atoms with Gasteiger partial charge in [0.05, 0.1) is 27.8 Å². The Morgan fingerprint density at radius 2 is 0.574 bits per heavy atom. The molecule has 0 saturated heterocycles. The maximum atomic E-state index is 5.41. The van der Waals surface area contributed by atoms with E-state index in [2.05, 4.69) is 221 Å². The predicted molar refractivity (Wildman–Crippen MR) is 281 cm³/mol. The van der Waals surface area contributed by atoms with E-state index in [1.54, 1.807) is 0 Å². The third-order valence-corrected chi connectivity index (χ3v) is 13.2. The van der Waals surface area contributed by atoms with Crippen LogP contribution in [0.2, 0.25) is 0 Å². The molecule has 5 nitrogen and oxygen atoms in total. The van der Waals surface area contributed by atoms with E-state index in [1.165, 1.54) is 16.7 Å². The van der Waals surface area contributed by atoms with Crippen LogP contribution >= 0.6 is 0 Å². The molecule has 318 valence electrons. The summed E-state index contributed by atoms with van der Waals surface area (Å²) in [6.07, 6.45) is 0. The fourth-order valence-corrected chi connectivity index (χ4v) is 9.92. The van der Waals surface area contributed by atoms with Gasteiger partial charge < -0.3 is 9.13 Å². The number of hydrogen-bond donors (Lipinski definition) is 0. The number of nitrogens with zero attached hydrogens (tertiary/aromatic N) is 5. The highest BCUT2D eigenvalue weighted by atomic mass is 15.1. The van der Waals surface area contributed by atoms with Gasteiger partial charge in [-0.25, -0.2) is 15.0 Å². The van der Waals surface area contributed by atoms with Gasteiger partial charge in [0, 0.05) is 43.9 Å². The van der Waals surface area contributed by atoms with Gasteiger partial charge in [0.15, 0.2) is 17.5 Å². The van der Waals surface area contributed by atoms with E-state index in [-0.39, 0.29) is 0 Å². The predicted octanol–water partition coefficient (Wildman–Crippen LogP) is 16.1. The Morgan fingerprint density at radius 3 is 0.985 bits per heavy atom. The molecule has 0 atom stereocenters. The second-order valence-electron chi connectivity index (χ2n) is 17.2. The third kappa shape index (κ3) is 6.76. The molecule has 0 aliphatic rings. The first-order valence-electron chi connectivity index (χ1n) is 23.0. The van der Waals surface area contributed by atoms with Crippen LogP contribution in [0.25, 0.3) is 123 Å². The number of rotatable bonds is 8. The summed E-state index contributed by atoms with van der Waals surface area (Å²) in [5.41, 5.74) is 16.1. The maximum Gasteiger partial charge on any atom is 0.166 e. The van der Waals surface area contributed by atoms with Crippen molar-refractivity contribution in [2.45, 2.75) is 0 Å². The highest BCUT2D eigenvalue weighted by Crippen LogP contribution is 2.44. The molecule has 0 aliphatic carbocycles. The Morgan fingerprint density at radius 1 is 0.235 bits per heavy atom. The summed E-state index contributed by atoms with van der Waals surface area (Å²) in [5, 5.41) is 4.56. The van der Waals surface area contributed by atoms with Crippen LogP contribution in [0.15, 0.2) is 249 Å². The molecule has 68 heavy (non-hydrogen) atoms. The summed E-state index contributed by atoms with van der Waals surface area (Å²) >= 11 is 0. The Hall–Kier alpha value is -9.19. The van der Waals surface area contributed by atoms with Gasteiger partial charge in [0.2, 0.25) is 0 Å². The van der Waals surface area contributed by atoms with Gasteiger partial charge in [-0.1, -0.05) is 188 Å². The Kier molecular flexibility index (Phi) is 9.43. The minimum atomic E-state index is 0.589. The van der Waals surface area contributed by atoms with E-state index in [9.17, 15) is 0 Å². The lowest BCUT2D eigenvalue weighted by atomic mass is 10.0. The molecular formula is C63H41N5. The Bertz CT molecular complexity index is 3820. The molecule has 0 amide bonds. The number of aromatic nitrogens is 5. The molecular weight excluding hydrogens is 827 g/mol. The minimum absolute atomic E-state index is 0.589. The molecule has 13 aromatic rings. The lowest BCUT2D eigenvalue weighted by molar-refractivity contribution is 1.06. The third-order valence-electron chi connectivity index (χ3n) is 13.2. The standard InChI is InChI=1S/C63H41N5/c1-7-19-42(20-8-1)47-31-34-56-53(39-47)54-40-55(63-65-61(45-25-13-4-14-26-45)64-62(66-63)46-27-15-5-16-28-46)60(41-59(54)67(56)50-29-17-6-18-30-50)68-57-35-32-48(43-21-9-2-10-22-43)37-51(57)52-38-49(33-36-58(52)68)44-23-11-3-12-24-44/h1-41H. The van der Waals surface area contributed by atoms with Crippen molar-refractivity contribution in [3.05, 3.63) is 249 Å². The van der Waals surface area contributed by atoms with Crippen molar-refractivity contribution in [3.8, 4) is 78.9 Å². The monoisotopic (exact) mass is 867 g/mol. The molecule has 3 aromatic heterocycles. The van der Waals surface area contributed by atoms with Crippen molar-refractivity contribution in [2.24, 2.45) is 0 Å². The van der Waals surface area contributed by atoms with Gasteiger partial charge >= 0.3 is 0 Å². The molecule has 13 rings (SSSR count). The number of fused-ring (bicyclic) bond motifs is 6. The van der Waals surface area contributed by atoms with E-state index < -0.39 is 0 Å². The van der Waals surface area contributed by atoms with Crippen molar-refractivity contribution in [3.63, 3.8) is 0 Å². The minimum Gasteiger partial charge on any atom is -0.309 e. The first kappa shape index (κ1) is 39.2. The molecule has 0 N–H and O–H groups in total. The van der Waals surface area contributed by atoms with Gasteiger partial charge in [-0.15, -0.1) is 0 Å². The van der Waals surface area contributed by atoms with E-state index >= 15 is 0 Å². The van der Waals surface area contributed by atoms with E-state index in [0.29, 0.717) is 17.5 Å². The zero-order valence-corrected chi connectivity index (χ0v) is 36.9. The van der Waals surface area contributed by atoms with Gasteiger partial charge in [0.25, 0.3) is 0 Å². The summed E-state index contributed by atoms with van der Waals surface area (Å²) in [7, 11) is 0. The largest absolute Gasteiger partial charge is 0.309 e. The summed E-state index contributed by atoms with van der Waals surface area (Å²) in [4.78, 5) is 16.0. The van der Waals surface area contributed by atoms with Crippen LogP contribution in [0.4, 0.5) is 0 Å². The molecule has 0 saturated carbocycles. The zero-order chi connectivity index (χ0) is 45.0. The van der Waals surface area contributed by atoms with Crippen LogP contribution in [0.5, 0.6) is 0 Å². The van der Waals surface area contributed by atoms with Crippen LogP contribution in [0.3, 0.4) is 0 Å². The van der Waals surface area contributed by atoms with Gasteiger partial charge in [-0.05, 0) is 94.0 Å². The fourth-order valence-electron chi connectivity index (χ4n) is 9.92. The van der Waals surface area contributed by atoms with Crippen molar-refractivity contribution < 1.29 is 0 Å². The second-order valence-corrected chi connectivity index (χ2v) is 17.2. The van der Waals surface area contributed by atoms with Crippen molar-refractivity contribution in [1.29, 1.82) is 0 Å². The van der Waals surface area contributed by atoms with Crippen LogP contribution in [-0.4, -0.2) is 24.1 Å². The SMILES string of the molecule is c1ccc(-c2ccc3c(c2)c2cc(-c4nc(-c5ccccc5)nc(-c5ccccc5)n4)c(-n4c5ccc(-c6ccccc6)cc5c5cc(-c6ccccc6)ccc54)cc2n3-c2ccccc2)cc1. The van der Waals surface area contributed by atoms with E-state index in [1.807, 2.05) is 36.4 Å². The normalized spacial score (nSPS) is 11.5. The highest BCUT2D eigenvalue weighted by Gasteiger charge is 2.24. The molecule has 0 fully saturated rings. The summed E-state index contributed by atoms with van der Waals surface area (Å²) in [6.45, 7) is 0. The highest BCUT2D eigenvalue weighted by molar-refractivity contribution is 6.15. The Labute approximate surface area is 393 Å². The average molecular weight is 868 g/mol. The maximum absolute atomic E-state index is 5.41. The number of para-hydroxylation sites is 1. The molecule has 0 aliphatic heterocycles. The van der Waals surface area contributed by atoms with Crippen molar-refractivity contribution >= 4 is 43.6 Å². The first-order chi connectivity index (χ1) is 33.7. The van der Waals surface area contributed by atoms with Crippen LogP contribution in [-0.2, 0) is 0 Å². The molecule has 3 heterocycles. The molecule has 0 bridgehead atoms. The molecule has 5 heteroatoms. The molecule has 0 radical (unpaired) electrons. The second kappa shape index (κ2) is 16.4. The lowest BCUT2D eigenvalue weighted by Gasteiger charge is -2.17. The van der Waals surface area contributed by atoms with E-state index in [0.717, 1.165) is 88.4 Å². The zero-order valence-electron chi connectivity index (χ0n) is 36.9. The first-order valence-corrected chi connectivity index (χ1v) is 23.0. The number of benzene rings is 10. The van der Waals surface area contributed by atoms with Crippen molar-refractivity contribution in [1.82, 2.24) is 24.1 Å². The number of hydrogen-bond acceptors (Lipinski definition) is 3. The molecule has 0 unspecified atom stereocenters. The quantitative estimate of drug-likeness (QED) is 0.153. The molecule has 0 spiro atoms. The summed E-state index contributed by atoms with van der Waals surface area (Å²) < 4.78 is 4.83. The van der Waals surface area contributed by atoms with Gasteiger partial charge in [0.1, 0.15) is 0 Å². The summed E-state index contributed by atoms with van der Waals surface area (Å²) in [6, 6.07) is 88.4. The van der Waals surface area contributed by atoms with Crippen LogP contribution in [0.1, 0.15) is 0 Å². The van der Waals surface area contributed by atoms with Crippen LogP contribution < -0.4 is 0 Å². The van der Waals surface area contributed by atoms with Crippen LogP contribution in [0, 0.1) is 0 Å². The molecule has 10 aromatic carbocycles. The van der Waals surface area contributed by atoms with Gasteiger partial charge in [-0.3, -0.25) is 0 Å². The van der Waals surface area contributed by atoms with Gasteiger partial charge in [-0.2, -0.15) is 0 Å². The van der Waals surface area contributed by atoms with E-state index in [4.69, 9.17) is 15.0 Å². The average Bonchev–Trinajstić information content (AvgIpc) is 3.92.